The van der Waals surface area contributed by atoms with Crippen LogP contribution in [-0.4, -0.2) is 52.5 Å². The van der Waals surface area contributed by atoms with Gasteiger partial charge in [-0.2, -0.15) is 0 Å². The number of ether oxygens (including phenoxy) is 1. The molecule has 0 amide bonds. The van der Waals surface area contributed by atoms with Gasteiger partial charge in [0.2, 0.25) is 5.82 Å². The first-order valence-corrected chi connectivity index (χ1v) is 6.52. The van der Waals surface area contributed by atoms with E-state index >= 15 is 0 Å². The van der Waals surface area contributed by atoms with Gasteiger partial charge in [-0.05, 0) is 18.6 Å². The lowest BCUT2D eigenvalue weighted by atomic mass is 10.2. The summed E-state index contributed by atoms with van der Waals surface area (Å²) < 4.78 is 4.85. The fourth-order valence-corrected chi connectivity index (χ4v) is 1.94. The number of anilines is 1. The number of carbonyl (C=O) groups is 1. The SMILES string of the molecule is COCC(O)CCNc1nc(C(=O)O)nc2ccccc12. The van der Waals surface area contributed by atoms with Crippen molar-refractivity contribution < 1.29 is 19.7 Å². The number of hydrogen-bond donors (Lipinski definition) is 3. The van der Waals surface area contributed by atoms with Crippen molar-refractivity contribution in [3.05, 3.63) is 30.1 Å². The van der Waals surface area contributed by atoms with Crippen molar-refractivity contribution in [1.82, 2.24) is 9.97 Å². The van der Waals surface area contributed by atoms with Crippen molar-refractivity contribution in [1.29, 1.82) is 0 Å². The topological polar surface area (TPSA) is 105 Å². The van der Waals surface area contributed by atoms with Crippen LogP contribution in [0.4, 0.5) is 5.82 Å². The minimum Gasteiger partial charge on any atom is -0.475 e. The van der Waals surface area contributed by atoms with Gasteiger partial charge in [0.15, 0.2) is 0 Å². The molecule has 0 aliphatic heterocycles. The van der Waals surface area contributed by atoms with Crippen LogP contribution in [-0.2, 0) is 4.74 Å². The van der Waals surface area contributed by atoms with E-state index in [1.807, 2.05) is 12.1 Å². The van der Waals surface area contributed by atoms with Gasteiger partial charge in [-0.1, -0.05) is 12.1 Å². The molecule has 2 aromatic rings. The zero-order valence-corrected chi connectivity index (χ0v) is 11.6. The van der Waals surface area contributed by atoms with E-state index < -0.39 is 12.1 Å². The van der Waals surface area contributed by atoms with E-state index in [1.165, 1.54) is 7.11 Å². The molecule has 2 rings (SSSR count). The Bertz CT molecular complexity index is 633. The molecule has 1 aromatic heterocycles. The highest BCUT2D eigenvalue weighted by Gasteiger charge is 2.12. The lowest BCUT2D eigenvalue weighted by Gasteiger charge is -2.12. The van der Waals surface area contributed by atoms with E-state index in [-0.39, 0.29) is 12.4 Å². The van der Waals surface area contributed by atoms with Gasteiger partial charge in [-0.15, -0.1) is 0 Å². The Kier molecular flexibility index (Phi) is 5.02. The quantitative estimate of drug-likeness (QED) is 0.702. The zero-order valence-electron chi connectivity index (χ0n) is 11.6. The molecule has 0 saturated heterocycles. The molecule has 7 nitrogen and oxygen atoms in total. The molecule has 0 bridgehead atoms. The number of fused-ring (bicyclic) bond motifs is 1. The molecular formula is C14H17N3O4. The molecule has 112 valence electrons. The number of aromatic carboxylic acids is 1. The van der Waals surface area contributed by atoms with E-state index in [2.05, 4.69) is 15.3 Å². The maximum atomic E-state index is 11.1. The van der Waals surface area contributed by atoms with Gasteiger partial charge < -0.3 is 20.3 Å². The molecule has 0 fully saturated rings. The van der Waals surface area contributed by atoms with Crippen LogP contribution in [0.3, 0.4) is 0 Å². The highest BCUT2D eigenvalue weighted by molar-refractivity contribution is 5.93. The Balaban J connectivity index is 2.19. The number of methoxy groups -OCH3 is 1. The zero-order chi connectivity index (χ0) is 15.2. The van der Waals surface area contributed by atoms with Gasteiger partial charge in [0.25, 0.3) is 0 Å². The van der Waals surface area contributed by atoms with Gasteiger partial charge in [0, 0.05) is 19.0 Å². The summed E-state index contributed by atoms with van der Waals surface area (Å²) in [7, 11) is 1.52. The molecule has 1 unspecified atom stereocenters. The minimum atomic E-state index is -1.18. The van der Waals surface area contributed by atoms with Gasteiger partial charge in [0.05, 0.1) is 18.2 Å². The average Bonchev–Trinajstić information content (AvgIpc) is 2.47. The van der Waals surface area contributed by atoms with E-state index in [9.17, 15) is 9.90 Å². The molecule has 1 aromatic carbocycles. The van der Waals surface area contributed by atoms with Gasteiger partial charge >= 0.3 is 5.97 Å². The summed E-state index contributed by atoms with van der Waals surface area (Å²) in [5.41, 5.74) is 0.560. The number of hydrogen-bond acceptors (Lipinski definition) is 6. The third-order valence-corrected chi connectivity index (χ3v) is 2.92. The first kappa shape index (κ1) is 15.1. The summed E-state index contributed by atoms with van der Waals surface area (Å²) in [6, 6.07) is 7.16. The molecule has 0 spiro atoms. The van der Waals surface area contributed by atoms with E-state index in [0.717, 1.165) is 5.39 Å². The first-order chi connectivity index (χ1) is 10.1. The second kappa shape index (κ2) is 6.96. The van der Waals surface area contributed by atoms with Crippen molar-refractivity contribution in [3.8, 4) is 0 Å². The summed E-state index contributed by atoms with van der Waals surface area (Å²) in [6.07, 6.45) is -0.108. The fraction of sp³-hybridized carbons (Fsp3) is 0.357. The Morgan fingerprint density at radius 3 is 2.86 bits per heavy atom. The molecule has 0 saturated carbocycles. The highest BCUT2D eigenvalue weighted by atomic mass is 16.5. The van der Waals surface area contributed by atoms with Crippen molar-refractivity contribution in [3.63, 3.8) is 0 Å². The number of rotatable bonds is 7. The number of aromatic nitrogens is 2. The van der Waals surface area contributed by atoms with Crippen molar-refractivity contribution >= 4 is 22.7 Å². The highest BCUT2D eigenvalue weighted by Crippen LogP contribution is 2.20. The Labute approximate surface area is 121 Å². The molecule has 0 radical (unpaired) electrons. The first-order valence-electron chi connectivity index (χ1n) is 6.52. The standard InChI is InChI=1S/C14H17N3O4/c1-21-8-9(18)6-7-15-12-10-4-2-3-5-11(10)16-13(17-12)14(19)20/h2-5,9,18H,6-8H2,1H3,(H,19,20)(H,15,16,17). The number of carboxylic acids is 1. The fourth-order valence-electron chi connectivity index (χ4n) is 1.94. The average molecular weight is 291 g/mol. The number of aliphatic hydroxyl groups excluding tert-OH is 1. The predicted octanol–water partition coefficient (Wildman–Crippen LogP) is 1.14. The van der Waals surface area contributed by atoms with Crippen LogP contribution in [0.1, 0.15) is 17.0 Å². The van der Waals surface area contributed by atoms with Crippen LogP contribution in [0.2, 0.25) is 0 Å². The van der Waals surface area contributed by atoms with Crippen LogP contribution in [0.5, 0.6) is 0 Å². The number of benzene rings is 1. The molecule has 0 aliphatic rings. The van der Waals surface area contributed by atoms with Crippen LogP contribution < -0.4 is 5.32 Å². The smallest absolute Gasteiger partial charge is 0.374 e. The Hall–Kier alpha value is -2.25. The number of nitrogens with zero attached hydrogens (tertiary/aromatic N) is 2. The normalized spacial score (nSPS) is 12.3. The summed E-state index contributed by atoms with van der Waals surface area (Å²) in [4.78, 5) is 19.1. The molecule has 1 atom stereocenters. The van der Waals surface area contributed by atoms with Crippen LogP contribution in [0.15, 0.2) is 24.3 Å². The van der Waals surface area contributed by atoms with Crippen LogP contribution >= 0.6 is 0 Å². The third kappa shape index (κ3) is 3.87. The Morgan fingerprint density at radius 1 is 1.38 bits per heavy atom. The van der Waals surface area contributed by atoms with E-state index in [4.69, 9.17) is 9.84 Å². The van der Waals surface area contributed by atoms with Crippen molar-refractivity contribution in [2.75, 3.05) is 25.6 Å². The summed E-state index contributed by atoms with van der Waals surface area (Å²) in [6.45, 7) is 0.706. The molecular weight excluding hydrogens is 274 g/mol. The molecule has 3 N–H and O–H groups in total. The van der Waals surface area contributed by atoms with E-state index in [0.29, 0.717) is 24.3 Å². The lowest BCUT2D eigenvalue weighted by molar-refractivity contribution is 0.0615. The largest absolute Gasteiger partial charge is 0.475 e. The van der Waals surface area contributed by atoms with E-state index in [1.54, 1.807) is 12.1 Å². The van der Waals surface area contributed by atoms with Gasteiger partial charge in [-0.25, -0.2) is 14.8 Å². The lowest BCUT2D eigenvalue weighted by Crippen LogP contribution is -2.19. The van der Waals surface area contributed by atoms with Crippen LogP contribution in [0, 0.1) is 0 Å². The van der Waals surface area contributed by atoms with Crippen LogP contribution in [0.25, 0.3) is 10.9 Å². The maximum Gasteiger partial charge on any atom is 0.374 e. The molecule has 21 heavy (non-hydrogen) atoms. The van der Waals surface area contributed by atoms with Gasteiger partial charge in [0.1, 0.15) is 5.82 Å². The summed E-state index contributed by atoms with van der Waals surface area (Å²) in [5, 5.41) is 22.4. The predicted molar refractivity (Wildman–Crippen MR) is 77.5 cm³/mol. The monoisotopic (exact) mass is 291 g/mol. The summed E-state index contributed by atoms with van der Waals surface area (Å²) >= 11 is 0. The second-order valence-electron chi connectivity index (χ2n) is 4.54. The third-order valence-electron chi connectivity index (χ3n) is 2.92. The number of para-hydroxylation sites is 1. The van der Waals surface area contributed by atoms with Crippen molar-refractivity contribution in [2.45, 2.75) is 12.5 Å². The van der Waals surface area contributed by atoms with Crippen molar-refractivity contribution in [2.24, 2.45) is 0 Å². The minimum absolute atomic E-state index is 0.256. The second-order valence-corrected chi connectivity index (χ2v) is 4.54. The summed E-state index contributed by atoms with van der Waals surface area (Å²) in [5.74, 6) is -0.987. The number of nitrogens with one attached hydrogen (secondary N) is 1. The Morgan fingerprint density at radius 2 is 2.14 bits per heavy atom. The maximum absolute atomic E-state index is 11.1. The molecule has 1 heterocycles. The molecule has 0 aliphatic carbocycles. The number of aliphatic hydroxyl groups is 1. The van der Waals surface area contributed by atoms with Gasteiger partial charge in [-0.3, -0.25) is 0 Å². The molecule has 7 heteroatoms. The number of carboxylic acid groups (broad SMARTS) is 1.